The number of hydrogen-bond acceptors (Lipinski definition) is 4. The summed E-state index contributed by atoms with van der Waals surface area (Å²) in [6.45, 7) is 6.83. The summed E-state index contributed by atoms with van der Waals surface area (Å²) in [4.78, 5) is 40.7. The molecular weight excluding hydrogens is 346 g/mol. The van der Waals surface area contributed by atoms with Crippen LogP contribution < -0.4 is 5.32 Å². The molecule has 142 valence electrons. The van der Waals surface area contributed by atoms with Crippen molar-refractivity contribution in [1.29, 1.82) is 0 Å². The first-order chi connectivity index (χ1) is 11.7. The lowest BCUT2D eigenvalue weighted by Gasteiger charge is -2.32. The molecule has 2 fully saturated rings. The second-order valence-corrected chi connectivity index (χ2v) is 7.88. The molecule has 2 heterocycles. The first-order valence-corrected chi connectivity index (χ1v) is 9.42. The van der Waals surface area contributed by atoms with Crippen molar-refractivity contribution in [2.24, 2.45) is 0 Å². The Bertz CT molecular complexity index is 521. The van der Waals surface area contributed by atoms with E-state index in [2.05, 4.69) is 5.32 Å². The van der Waals surface area contributed by atoms with E-state index in [-0.39, 0.29) is 11.8 Å². The summed E-state index contributed by atoms with van der Waals surface area (Å²) in [5.41, 5.74) is -0.606. The van der Waals surface area contributed by atoms with Crippen LogP contribution in [0.5, 0.6) is 0 Å². The first kappa shape index (κ1) is 19.8. The van der Waals surface area contributed by atoms with E-state index in [0.717, 1.165) is 12.8 Å². The van der Waals surface area contributed by atoms with E-state index < -0.39 is 23.8 Å². The average molecular weight is 374 g/mol. The zero-order valence-electron chi connectivity index (χ0n) is 15.2. The van der Waals surface area contributed by atoms with Crippen molar-refractivity contribution in [3.63, 3.8) is 0 Å². The van der Waals surface area contributed by atoms with Crippen molar-refractivity contribution in [2.45, 2.75) is 64.1 Å². The third-order valence-electron chi connectivity index (χ3n) is 4.40. The van der Waals surface area contributed by atoms with Gasteiger partial charge in [-0.1, -0.05) is 0 Å². The number of alkyl halides is 1. The van der Waals surface area contributed by atoms with E-state index in [0.29, 0.717) is 38.4 Å². The highest BCUT2D eigenvalue weighted by Crippen LogP contribution is 2.26. The maximum absolute atomic E-state index is 13.0. The Balaban J connectivity index is 2.04. The van der Waals surface area contributed by atoms with Crippen molar-refractivity contribution in [3.8, 4) is 0 Å². The molecule has 0 saturated carbocycles. The van der Waals surface area contributed by atoms with Crippen molar-refractivity contribution >= 4 is 29.5 Å². The van der Waals surface area contributed by atoms with Gasteiger partial charge in [0.25, 0.3) is 0 Å². The monoisotopic (exact) mass is 373 g/mol. The fourth-order valence-electron chi connectivity index (χ4n) is 3.35. The van der Waals surface area contributed by atoms with Crippen LogP contribution in [0.1, 0.15) is 46.5 Å². The second-order valence-electron chi connectivity index (χ2n) is 7.50. The minimum Gasteiger partial charge on any atom is -0.444 e. The molecule has 2 aliphatic rings. The number of nitrogens with one attached hydrogen (secondary N) is 1. The zero-order valence-corrected chi connectivity index (χ0v) is 16.0. The van der Waals surface area contributed by atoms with Crippen LogP contribution in [0, 0.1) is 0 Å². The Morgan fingerprint density at radius 2 is 1.68 bits per heavy atom. The van der Waals surface area contributed by atoms with Gasteiger partial charge in [0.15, 0.2) is 0 Å². The highest BCUT2D eigenvalue weighted by molar-refractivity contribution is 6.18. The van der Waals surface area contributed by atoms with Gasteiger partial charge in [-0.05, 0) is 46.5 Å². The van der Waals surface area contributed by atoms with Gasteiger partial charge >= 0.3 is 6.09 Å². The highest BCUT2D eigenvalue weighted by Gasteiger charge is 2.43. The molecule has 2 unspecified atom stereocenters. The third kappa shape index (κ3) is 5.00. The van der Waals surface area contributed by atoms with E-state index in [9.17, 15) is 14.4 Å². The molecule has 0 bridgehead atoms. The fraction of sp³-hybridized carbons (Fsp3) is 0.824. The Hall–Kier alpha value is -1.50. The molecule has 3 amide bonds. The standard InChI is InChI=1S/C17H28ClN3O4/c1-17(2,3)25-16(24)21-11-5-7-13(21)15(23)20-10-4-6-12(20)14(22)19-9-8-18/h12-13H,4-11H2,1-3H3,(H,19,22). The molecule has 1 N–H and O–H groups in total. The molecule has 0 radical (unpaired) electrons. The summed E-state index contributed by atoms with van der Waals surface area (Å²) in [7, 11) is 0. The van der Waals surface area contributed by atoms with Crippen LogP contribution in [0.3, 0.4) is 0 Å². The maximum atomic E-state index is 13.0. The van der Waals surface area contributed by atoms with Crippen molar-refractivity contribution < 1.29 is 19.1 Å². The number of nitrogens with zero attached hydrogens (tertiary/aromatic N) is 2. The summed E-state index contributed by atoms with van der Waals surface area (Å²) in [5.74, 6) is 0.00162. The quantitative estimate of drug-likeness (QED) is 0.761. The Morgan fingerprint density at radius 3 is 2.28 bits per heavy atom. The van der Waals surface area contributed by atoms with Crippen LogP contribution in [0.2, 0.25) is 0 Å². The largest absolute Gasteiger partial charge is 0.444 e. The van der Waals surface area contributed by atoms with Gasteiger partial charge in [0.2, 0.25) is 11.8 Å². The predicted octanol–water partition coefficient (Wildman–Crippen LogP) is 1.73. The summed E-state index contributed by atoms with van der Waals surface area (Å²) >= 11 is 5.61. The molecule has 2 rings (SSSR count). The lowest BCUT2D eigenvalue weighted by atomic mass is 10.1. The van der Waals surface area contributed by atoms with Crippen LogP contribution in [0.15, 0.2) is 0 Å². The van der Waals surface area contributed by atoms with Gasteiger partial charge in [-0.3, -0.25) is 14.5 Å². The zero-order chi connectivity index (χ0) is 18.6. The number of amides is 3. The average Bonchev–Trinajstić information content (AvgIpc) is 3.18. The number of carbonyl (C=O) groups excluding carboxylic acids is 3. The van der Waals surface area contributed by atoms with Gasteiger partial charge in [-0.15, -0.1) is 11.6 Å². The Kier molecular flexibility index (Phi) is 6.54. The van der Waals surface area contributed by atoms with Crippen LogP contribution in [-0.4, -0.2) is 70.9 Å². The minimum atomic E-state index is -0.606. The highest BCUT2D eigenvalue weighted by atomic mass is 35.5. The number of halogens is 1. The van der Waals surface area contributed by atoms with Gasteiger partial charge in [-0.25, -0.2) is 4.79 Å². The Morgan fingerprint density at radius 1 is 1.08 bits per heavy atom. The molecule has 0 aromatic carbocycles. The smallest absolute Gasteiger partial charge is 0.410 e. The normalized spacial score (nSPS) is 23.7. The van der Waals surface area contributed by atoms with E-state index in [1.807, 2.05) is 0 Å². The molecular formula is C17H28ClN3O4. The molecule has 0 aliphatic carbocycles. The fourth-order valence-corrected chi connectivity index (χ4v) is 3.44. The molecule has 2 atom stereocenters. The lowest BCUT2D eigenvalue weighted by molar-refractivity contribution is -0.141. The number of hydrogen-bond donors (Lipinski definition) is 1. The summed E-state index contributed by atoms with van der Waals surface area (Å²) in [6.07, 6.45) is 2.31. The third-order valence-corrected chi connectivity index (χ3v) is 4.59. The topological polar surface area (TPSA) is 79.0 Å². The number of ether oxygens (including phenoxy) is 1. The molecule has 25 heavy (non-hydrogen) atoms. The van der Waals surface area contributed by atoms with Crippen molar-refractivity contribution in [1.82, 2.24) is 15.1 Å². The van der Waals surface area contributed by atoms with Crippen LogP contribution in [0.4, 0.5) is 4.79 Å². The van der Waals surface area contributed by atoms with Crippen LogP contribution in [0.25, 0.3) is 0 Å². The lowest BCUT2D eigenvalue weighted by Crippen LogP contribution is -2.53. The van der Waals surface area contributed by atoms with Gasteiger partial charge in [0.1, 0.15) is 17.7 Å². The van der Waals surface area contributed by atoms with E-state index in [1.54, 1.807) is 25.7 Å². The maximum Gasteiger partial charge on any atom is 0.410 e. The Labute approximate surface area is 154 Å². The van der Waals surface area contributed by atoms with E-state index in [4.69, 9.17) is 16.3 Å². The minimum absolute atomic E-state index is 0.160. The van der Waals surface area contributed by atoms with Crippen molar-refractivity contribution in [3.05, 3.63) is 0 Å². The van der Waals surface area contributed by atoms with Crippen LogP contribution >= 0.6 is 11.6 Å². The SMILES string of the molecule is CC(C)(C)OC(=O)N1CCCC1C(=O)N1CCCC1C(=O)NCCCl. The van der Waals surface area contributed by atoms with E-state index >= 15 is 0 Å². The predicted molar refractivity (Wildman–Crippen MR) is 94.4 cm³/mol. The molecule has 0 aromatic rings. The van der Waals surface area contributed by atoms with E-state index in [1.165, 1.54) is 4.90 Å². The van der Waals surface area contributed by atoms with Gasteiger partial charge in [0.05, 0.1) is 0 Å². The molecule has 2 saturated heterocycles. The van der Waals surface area contributed by atoms with Gasteiger partial charge < -0.3 is 15.0 Å². The summed E-state index contributed by atoms with van der Waals surface area (Å²) in [5, 5.41) is 2.74. The van der Waals surface area contributed by atoms with Crippen molar-refractivity contribution in [2.75, 3.05) is 25.5 Å². The summed E-state index contributed by atoms with van der Waals surface area (Å²) in [6, 6.07) is -1.02. The van der Waals surface area contributed by atoms with Crippen LogP contribution in [-0.2, 0) is 14.3 Å². The number of likely N-dealkylation sites (tertiary alicyclic amines) is 2. The van der Waals surface area contributed by atoms with Gasteiger partial charge in [-0.2, -0.15) is 0 Å². The van der Waals surface area contributed by atoms with Gasteiger partial charge in [0, 0.05) is 25.5 Å². The number of carbonyl (C=O) groups is 3. The summed E-state index contributed by atoms with van der Waals surface area (Å²) < 4.78 is 5.41. The first-order valence-electron chi connectivity index (χ1n) is 8.88. The molecule has 8 heteroatoms. The number of rotatable bonds is 4. The second kappa shape index (κ2) is 8.25. The molecule has 0 aromatic heterocycles. The molecule has 2 aliphatic heterocycles. The molecule has 0 spiro atoms. The molecule has 7 nitrogen and oxygen atoms in total.